The van der Waals surface area contributed by atoms with Gasteiger partial charge in [-0.15, -0.1) is 0 Å². The summed E-state index contributed by atoms with van der Waals surface area (Å²) < 4.78 is 0. The molecule has 126 valence electrons. The molecule has 0 aliphatic rings. The SMILES string of the molecule is Cc1ccc(NC(=O)C(=O)NCCc2ccc(N(C)C)cc2)cc1. The fourth-order valence-electron chi connectivity index (χ4n) is 2.19. The predicted molar refractivity (Wildman–Crippen MR) is 97.3 cm³/mol. The highest BCUT2D eigenvalue weighted by atomic mass is 16.2. The van der Waals surface area contributed by atoms with E-state index in [1.54, 1.807) is 12.1 Å². The summed E-state index contributed by atoms with van der Waals surface area (Å²) in [5, 5.41) is 5.22. The van der Waals surface area contributed by atoms with Gasteiger partial charge >= 0.3 is 11.8 Å². The van der Waals surface area contributed by atoms with Gasteiger partial charge in [-0.05, 0) is 43.2 Å². The molecule has 0 atom stereocenters. The quantitative estimate of drug-likeness (QED) is 0.830. The molecule has 5 heteroatoms. The van der Waals surface area contributed by atoms with E-state index in [-0.39, 0.29) is 0 Å². The van der Waals surface area contributed by atoms with Gasteiger partial charge in [0.2, 0.25) is 0 Å². The maximum absolute atomic E-state index is 11.8. The average molecular weight is 325 g/mol. The molecule has 0 unspecified atom stereocenters. The Morgan fingerprint density at radius 2 is 1.54 bits per heavy atom. The van der Waals surface area contributed by atoms with Crippen LogP contribution in [0.15, 0.2) is 48.5 Å². The van der Waals surface area contributed by atoms with Crippen LogP contribution in [0.3, 0.4) is 0 Å². The van der Waals surface area contributed by atoms with Gasteiger partial charge < -0.3 is 15.5 Å². The molecule has 5 nitrogen and oxygen atoms in total. The summed E-state index contributed by atoms with van der Waals surface area (Å²) in [6.45, 7) is 2.38. The molecule has 0 aromatic heterocycles. The minimum absolute atomic E-state index is 0.418. The molecular formula is C19H23N3O2. The summed E-state index contributed by atoms with van der Waals surface area (Å²) in [7, 11) is 3.98. The number of anilines is 2. The molecule has 2 aromatic rings. The molecule has 0 heterocycles. The van der Waals surface area contributed by atoms with E-state index in [0.29, 0.717) is 18.7 Å². The minimum atomic E-state index is -0.651. The van der Waals surface area contributed by atoms with E-state index < -0.39 is 11.8 Å². The van der Waals surface area contributed by atoms with E-state index in [9.17, 15) is 9.59 Å². The number of aryl methyl sites for hydroxylation is 1. The Hall–Kier alpha value is -2.82. The third-order valence-electron chi connectivity index (χ3n) is 3.67. The van der Waals surface area contributed by atoms with Crippen molar-refractivity contribution in [3.8, 4) is 0 Å². The van der Waals surface area contributed by atoms with Crippen LogP contribution in [0.2, 0.25) is 0 Å². The van der Waals surface area contributed by atoms with Crippen LogP contribution in [0.1, 0.15) is 11.1 Å². The first kappa shape index (κ1) is 17.5. The van der Waals surface area contributed by atoms with Gasteiger partial charge in [0, 0.05) is 32.0 Å². The second-order valence-electron chi connectivity index (χ2n) is 5.89. The lowest BCUT2D eigenvalue weighted by Gasteiger charge is -2.12. The molecule has 24 heavy (non-hydrogen) atoms. The molecule has 0 radical (unpaired) electrons. The molecule has 0 fully saturated rings. The maximum Gasteiger partial charge on any atom is 0.313 e. The van der Waals surface area contributed by atoms with Crippen LogP contribution in [0, 0.1) is 6.92 Å². The smallest absolute Gasteiger partial charge is 0.313 e. The lowest BCUT2D eigenvalue weighted by molar-refractivity contribution is -0.136. The van der Waals surface area contributed by atoms with Gasteiger partial charge in [-0.1, -0.05) is 29.8 Å². The van der Waals surface area contributed by atoms with Crippen LogP contribution < -0.4 is 15.5 Å². The van der Waals surface area contributed by atoms with Crippen molar-refractivity contribution in [2.45, 2.75) is 13.3 Å². The Labute approximate surface area is 142 Å². The zero-order valence-electron chi connectivity index (χ0n) is 14.3. The Kier molecular flexibility index (Phi) is 5.95. The predicted octanol–water partition coefficient (Wildman–Crippen LogP) is 2.36. The Balaban J connectivity index is 1.77. The van der Waals surface area contributed by atoms with Crippen molar-refractivity contribution in [1.29, 1.82) is 0 Å². The zero-order chi connectivity index (χ0) is 17.5. The van der Waals surface area contributed by atoms with E-state index in [0.717, 1.165) is 16.8 Å². The van der Waals surface area contributed by atoms with Crippen LogP contribution >= 0.6 is 0 Å². The molecule has 2 amide bonds. The van der Waals surface area contributed by atoms with Gasteiger partial charge in [0.1, 0.15) is 0 Å². The number of amides is 2. The normalized spacial score (nSPS) is 10.1. The summed E-state index contributed by atoms with van der Waals surface area (Å²) in [6.07, 6.45) is 0.678. The average Bonchev–Trinajstić information content (AvgIpc) is 2.57. The molecule has 0 bridgehead atoms. The van der Waals surface area contributed by atoms with Crippen LogP contribution in [-0.4, -0.2) is 32.5 Å². The van der Waals surface area contributed by atoms with Crippen molar-refractivity contribution in [2.24, 2.45) is 0 Å². The Morgan fingerprint density at radius 3 is 2.12 bits per heavy atom. The molecule has 0 aliphatic heterocycles. The Morgan fingerprint density at radius 1 is 0.917 bits per heavy atom. The van der Waals surface area contributed by atoms with Crippen molar-refractivity contribution in [3.05, 3.63) is 59.7 Å². The third-order valence-corrected chi connectivity index (χ3v) is 3.67. The zero-order valence-corrected chi connectivity index (χ0v) is 14.3. The fraction of sp³-hybridized carbons (Fsp3) is 0.263. The topological polar surface area (TPSA) is 61.4 Å². The number of carbonyl (C=O) groups is 2. The molecule has 0 saturated carbocycles. The van der Waals surface area contributed by atoms with E-state index in [1.165, 1.54) is 0 Å². The number of carbonyl (C=O) groups excluding carboxylic acids is 2. The van der Waals surface area contributed by atoms with Gasteiger partial charge in [-0.2, -0.15) is 0 Å². The number of nitrogens with zero attached hydrogens (tertiary/aromatic N) is 1. The largest absolute Gasteiger partial charge is 0.378 e. The van der Waals surface area contributed by atoms with Crippen molar-refractivity contribution >= 4 is 23.2 Å². The van der Waals surface area contributed by atoms with E-state index in [4.69, 9.17) is 0 Å². The second-order valence-corrected chi connectivity index (χ2v) is 5.89. The molecule has 0 aliphatic carbocycles. The van der Waals surface area contributed by atoms with Gasteiger partial charge in [0.05, 0.1) is 0 Å². The number of rotatable bonds is 5. The molecule has 0 saturated heterocycles. The van der Waals surface area contributed by atoms with Crippen LogP contribution in [0.25, 0.3) is 0 Å². The first-order valence-electron chi connectivity index (χ1n) is 7.88. The second kappa shape index (κ2) is 8.15. The highest BCUT2D eigenvalue weighted by molar-refractivity contribution is 6.39. The van der Waals surface area contributed by atoms with E-state index in [2.05, 4.69) is 10.6 Å². The van der Waals surface area contributed by atoms with Crippen molar-refractivity contribution in [1.82, 2.24) is 5.32 Å². The van der Waals surface area contributed by atoms with E-state index >= 15 is 0 Å². The summed E-state index contributed by atoms with van der Waals surface area (Å²) in [5.74, 6) is -1.28. The van der Waals surface area contributed by atoms with Crippen molar-refractivity contribution in [2.75, 3.05) is 30.9 Å². The standard InChI is InChI=1S/C19H23N3O2/c1-14-4-8-16(9-5-14)21-19(24)18(23)20-13-12-15-6-10-17(11-7-15)22(2)3/h4-11H,12-13H2,1-3H3,(H,20,23)(H,21,24). The number of hydrogen-bond donors (Lipinski definition) is 2. The third kappa shape index (κ3) is 5.12. The highest BCUT2D eigenvalue weighted by Crippen LogP contribution is 2.12. The molecule has 2 rings (SSSR count). The monoisotopic (exact) mass is 325 g/mol. The van der Waals surface area contributed by atoms with Crippen molar-refractivity contribution in [3.63, 3.8) is 0 Å². The van der Waals surface area contributed by atoms with Crippen LogP contribution in [-0.2, 0) is 16.0 Å². The fourth-order valence-corrected chi connectivity index (χ4v) is 2.19. The van der Waals surface area contributed by atoms with Crippen LogP contribution in [0.4, 0.5) is 11.4 Å². The first-order valence-corrected chi connectivity index (χ1v) is 7.88. The van der Waals surface area contributed by atoms with Gasteiger partial charge in [-0.3, -0.25) is 9.59 Å². The minimum Gasteiger partial charge on any atom is -0.378 e. The van der Waals surface area contributed by atoms with Crippen molar-refractivity contribution < 1.29 is 9.59 Å². The lowest BCUT2D eigenvalue weighted by Crippen LogP contribution is -2.36. The van der Waals surface area contributed by atoms with Crippen LogP contribution in [0.5, 0.6) is 0 Å². The summed E-state index contributed by atoms with van der Waals surface area (Å²) in [6, 6.07) is 15.4. The number of hydrogen-bond acceptors (Lipinski definition) is 3. The van der Waals surface area contributed by atoms with Gasteiger partial charge in [0.25, 0.3) is 0 Å². The van der Waals surface area contributed by atoms with Gasteiger partial charge in [-0.25, -0.2) is 0 Å². The molecule has 2 aromatic carbocycles. The van der Waals surface area contributed by atoms with Gasteiger partial charge in [0.15, 0.2) is 0 Å². The summed E-state index contributed by atoms with van der Waals surface area (Å²) >= 11 is 0. The molecule has 0 spiro atoms. The maximum atomic E-state index is 11.8. The number of nitrogens with one attached hydrogen (secondary N) is 2. The van der Waals surface area contributed by atoms with E-state index in [1.807, 2.05) is 62.3 Å². The highest BCUT2D eigenvalue weighted by Gasteiger charge is 2.12. The summed E-state index contributed by atoms with van der Waals surface area (Å²) in [5.41, 5.74) is 3.94. The molecular weight excluding hydrogens is 302 g/mol. The lowest BCUT2D eigenvalue weighted by atomic mass is 10.1. The molecule has 2 N–H and O–H groups in total. The first-order chi connectivity index (χ1) is 11.5. The number of benzene rings is 2. The summed E-state index contributed by atoms with van der Waals surface area (Å²) in [4.78, 5) is 25.7. The Bertz CT molecular complexity index is 692.